The molecule has 3 nitrogen and oxygen atoms in total. The molecule has 0 unspecified atom stereocenters. The number of hydrogen-bond acceptors (Lipinski definition) is 2. The Hall–Kier alpha value is -1.81. The predicted molar refractivity (Wildman–Crippen MR) is 80.2 cm³/mol. The van der Waals surface area contributed by atoms with Gasteiger partial charge in [-0.1, -0.05) is 24.3 Å². The summed E-state index contributed by atoms with van der Waals surface area (Å²) in [6.45, 7) is 2.69. The van der Waals surface area contributed by atoms with Crippen LogP contribution in [0.4, 0.5) is 11.4 Å². The van der Waals surface area contributed by atoms with Crippen molar-refractivity contribution in [2.75, 3.05) is 11.4 Å². The van der Waals surface area contributed by atoms with Gasteiger partial charge in [0.1, 0.15) is 0 Å². The summed E-state index contributed by atoms with van der Waals surface area (Å²) in [7, 11) is 0. The van der Waals surface area contributed by atoms with Crippen LogP contribution in [0, 0.1) is 0 Å². The van der Waals surface area contributed by atoms with Crippen molar-refractivity contribution < 1.29 is 9.90 Å². The fraction of sp³-hybridized carbons (Fsp3) is 0.133. The van der Waals surface area contributed by atoms with E-state index >= 15 is 0 Å². The molecule has 98 valence electrons. The van der Waals surface area contributed by atoms with Crippen LogP contribution in [0.2, 0.25) is 0 Å². The van der Waals surface area contributed by atoms with Crippen LogP contribution in [0.3, 0.4) is 0 Å². The van der Waals surface area contributed by atoms with Crippen LogP contribution >= 0.6 is 15.9 Å². The Kier molecular flexibility index (Phi) is 4.22. The molecule has 2 aromatic carbocycles. The van der Waals surface area contributed by atoms with E-state index in [1.807, 2.05) is 54.3 Å². The Morgan fingerprint density at radius 3 is 2.42 bits per heavy atom. The highest BCUT2D eigenvalue weighted by molar-refractivity contribution is 9.10. The first kappa shape index (κ1) is 13.6. The molecule has 0 bridgehead atoms. The van der Waals surface area contributed by atoms with Crippen molar-refractivity contribution in [2.45, 2.75) is 6.92 Å². The number of halogens is 1. The molecular weight excluding hydrogens is 306 g/mol. The van der Waals surface area contributed by atoms with Gasteiger partial charge < -0.3 is 10.0 Å². The van der Waals surface area contributed by atoms with Gasteiger partial charge in [-0.15, -0.1) is 0 Å². The predicted octanol–water partition coefficient (Wildman–Crippen LogP) is 4.31. The van der Waals surface area contributed by atoms with Gasteiger partial charge in [0.2, 0.25) is 0 Å². The van der Waals surface area contributed by atoms with Gasteiger partial charge in [0, 0.05) is 16.7 Å². The van der Waals surface area contributed by atoms with Crippen molar-refractivity contribution in [3.8, 4) is 0 Å². The number of carbonyl (C=O) groups is 1. The highest BCUT2D eigenvalue weighted by atomic mass is 79.9. The quantitative estimate of drug-likeness (QED) is 0.913. The van der Waals surface area contributed by atoms with Gasteiger partial charge >= 0.3 is 5.97 Å². The van der Waals surface area contributed by atoms with Gasteiger partial charge in [0.25, 0.3) is 0 Å². The Morgan fingerprint density at radius 1 is 1.16 bits per heavy atom. The number of carboxylic acids is 1. The van der Waals surface area contributed by atoms with Crippen LogP contribution in [0.1, 0.15) is 17.3 Å². The molecule has 0 heterocycles. The van der Waals surface area contributed by atoms with Gasteiger partial charge in [-0.25, -0.2) is 4.79 Å². The van der Waals surface area contributed by atoms with Crippen LogP contribution < -0.4 is 4.90 Å². The van der Waals surface area contributed by atoms with Gasteiger partial charge in [-0.3, -0.25) is 0 Å². The molecule has 4 heteroatoms. The smallest absolute Gasteiger partial charge is 0.338 e. The number of benzene rings is 2. The first-order valence-electron chi connectivity index (χ1n) is 5.99. The number of rotatable bonds is 4. The van der Waals surface area contributed by atoms with Crippen molar-refractivity contribution in [1.29, 1.82) is 0 Å². The summed E-state index contributed by atoms with van der Waals surface area (Å²) in [5.41, 5.74) is 1.95. The second kappa shape index (κ2) is 5.89. The summed E-state index contributed by atoms with van der Waals surface area (Å²) in [5, 5.41) is 9.38. The summed E-state index contributed by atoms with van der Waals surface area (Å²) in [5.74, 6) is -0.933. The molecule has 0 atom stereocenters. The van der Waals surface area contributed by atoms with E-state index in [0.717, 1.165) is 5.69 Å². The van der Waals surface area contributed by atoms with Crippen LogP contribution in [0.25, 0.3) is 0 Å². The lowest BCUT2D eigenvalue weighted by Gasteiger charge is -2.25. The minimum atomic E-state index is -0.933. The summed E-state index contributed by atoms with van der Waals surface area (Å²) >= 11 is 3.31. The standard InChI is InChI=1S/C15H14BrNO2/c1-2-17(11-7-4-3-5-8-11)13-10-6-9-12(16)14(13)15(18)19/h3-10H,2H2,1H3,(H,18,19). The molecule has 2 rings (SSSR count). The van der Waals surface area contributed by atoms with Crippen molar-refractivity contribution >= 4 is 33.3 Å². The van der Waals surface area contributed by atoms with Gasteiger partial charge in [0.05, 0.1) is 11.3 Å². The summed E-state index contributed by atoms with van der Waals surface area (Å²) in [4.78, 5) is 13.4. The van der Waals surface area contributed by atoms with Gasteiger partial charge in [-0.2, -0.15) is 0 Å². The lowest BCUT2D eigenvalue weighted by atomic mass is 10.1. The molecular formula is C15H14BrNO2. The second-order valence-corrected chi connectivity index (χ2v) is 4.87. The fourth-order valence-electron chi connectivity index (χ4n) is 2.05. The van der Waals surface area contributed by atoms with E-state index in [1.54, 1.807) is 6.07 Å². The lowest BCUT2D eigenvalue weighted by Crippen LogP contribution is -2.19. The van der Waals surface area contributed by atoms with Crippen molar-refractivity contribution in [3.05, 3.63) is 58.6 Å². The van der Waals surface area contributed by atoms with E-state index in [0.29, 0.717) is 16.7 Å². The van der Waals surface area contributed by atoms with Gasteiger partial charge in [-0.05, 0) is 47.1 Å². The normalized spacial score (nSPS) is 10.2. The summed E-state index contributed by atoms with van der Waals surface area (Å²) < 4.78 is 0.590. The van der Waals surface area contributed by atoms with Crippen molar-refractivity contribution in [2.24, 2.45) is 0 Å². The Balaban J connectivity index is 2.56. The molecule has 0 aliphatic rings. The maximum atomic E-state index is 11.4. The van der Waals surface area contributed by atoms with Gasteiger partial charge in [0.15, 0.2) is 0 Å². The minimum Gasteiger partial charge on any atom is -0.478 e. The zero-order valence-corrected chi connectivity index (χ0v) is 12.1. The topological polar surface area (TPSA) is 40.5 Å². The van der Waals surface area contributed by atoms with E-state index in [1.165, 1.54) is 0 Å². The molecule has 0 aromatic heterocycles. The highest BCUT2D eigenvalue weighted by Crippen LogP contribution is 2.32. The largest absolute Gasteiger partial charge is 0.478 e. The van der Waals surface area contributed by atoms with Crippen LogP contribution in [0.15, 0.2) is 53.0 Å². The Labute approximate surface area is 120 Å². The molecule has 2 aromatic rings. The molecule has 19 heavy (non-hydrogen) atoms. The van der Waals surface area contributed by atoms with E-state index < -0.39 is 5.97 Å². The monoisotopic (exact) mass is 319 g/mol. The number of hydrogen-bond donors (Lipinski definition) is 1. The van der Waals surface area contributed by atoms with E-state index in [2.05, 4.69) is 15.9 Å². The number of carboxylic acid groups (broad SMARTS) is 1. The van der Waals surface area contributed by atoms with E-state index in [4.69, 9.17) is 0 Å². The average molecular weight is 320 g/mol. The van der Waals surface area contributed by atoms with Crippen LogP contribution in [-0.4, -0.2) is 17.6 Å². The number of para-hydroxylation sites is 1. The first-order chi connectivity index (χ1) is 9.15. The summed E-state index contributed by atoms with van der Waals surface area (Å²) in [6, 6.07) is 15.2. The maximum Gasteiger partial charge on any atom is 0.338 e. The van der Waals surface area contributed by atoms with Crippen LogP contribution in [-0.2, 0) is 0 Å². The summed E-state index contributed by atoms with van der Waals surface area (Å²) in [6.07, 6.45) is 0. The zero-order chi connectivity index (χ0) is 13.8. The van der Waals surface area contributed by atoms with Crippen molar-refractivity contribution in [1.82, 2.24) is 0 Å². The van der Waals surface area contributed by atoms with Crippen LogP contribution in [0.5, 0.6) is 0 Å². The first-order valence-corrected chi connectivity index (χ1v) is 6.78. The maximum absolute atomic E-state index is 11.4. The average Bonchev–Trinajstić information content (AvgIpc) is 2.40. The Bertz CT molecular complexity index is 584. The third-order valence-corrected chi connectivity index (χ3v) is 3.54. The number of aromatic carboxylic acids is 1. The number of nitrogens with zero attached hydrogens (tertiary/aromatic N) is 1. The Morgan fingerprint density at radius 2 is 1.84 bits per heavy atom. The molecule has 1 N–H and O–H groups in total. The molecule has 0 amide bonds. The second-order valence-electron chi connectivity index (χ2n) is 4.02. The lowest BCUT2D eigenvalue weighted by molar-refractivity contribution is 0.0696. The molecule has 0 fully saturated rings. The molecule has 0 aliphatic carbocycles. The van der Waals surface area contributed by atoms with E-state index in [9.17, 15) is 9.90 Å². The van der Waals surface area contributed by atoms with Crippen molar-refractivity contribution in [3.63, 3.8) is 0 Å². The molecule has 0 saturated carbocycles. The third kappa shape index (κ3) is 2.79. The SMILES string of the molecule is CCN(c1ccccc1)c1cccc(Br)c1C(=O)O. The zero-order valence-electron chi connectivity index (χ0n) is 10.5. The molecule has 0 saturated heterocycles. The highest BCUT2D eigenvalue weighted by Gasteiger charge is 2.18. The minimum absolute atomic E-state index is 0.285. The number of anilines is 2. The molecule has 0 aliphatic heterocycles. The molecule has 0 spiro atoms. The fourth-order valence-corrected chi connectivity index (χ4v) is 2.57. The third-order valence-electron chi connectivity index (χ3n) is 2.88. The molecule has 0 radical (unpaired) electrons. The van der Waals surface area contributed by atoms with E-state index in [-0.39, 0.29) is 5.56 Å².